The normalized spacial score (nSPS) is 18.6. The number of rotatable bonds is 3. The van der Waals surface area contributed by atoms with E-state index in [9.17, 15) is 4.79 Å². The Labute approximate surface area is 169 Å². The van der Waals surface area contributed by atoms with Gasteiger partial charge in [-0.05, 0) is 49.9 Å². The lowest BCUT2D eigenvalue weighted by atomic mass is 9.84. The summed E-state index contributed by atoms with van der Waals surface area (Å²) >= 11 is 0. The molecule has 0 saturated carbocycles. The molecule has 1 atom stereocenters. The number of aryl methyl sites for hydroxylation is 2. The molecule has 1 fully saturated rings. The summed E-state index contributed by atoms with van der Waals surface area (Å²) in [7, 11) is 0. The van der Waals surface area contributed by atoms with Crippen LogP contribution < -0.4 is 10.2 Å². The molecule has 0 bridgehead atoms. The summed E-state index contributed by atoms with van der Waals surface area (Å²) in [5.41, 5.74) is 4.31. The van der Waals surface area contributed by atoms with Crippen LogP contribution in [-0.2, 0) is 4.79 Å². The smallest absolute Gasteiger partial charge is 0.226 e. The van der Waals surface area contributed by atoms with Crippen molar-refractivity contribution in [1.82, 2.24) is 20.0 Å². The fraction of sp³-hybridized carbons (Fsp3) is 0.364. The van der Waals surface area contributed by atoms with E-state index in [0.717, 1.165) is 30.2 Å². The third kappa shape index (κ3) is 3.06. The van der Waals surface area contributed by atoms with Crippen LogP contribution in [0.25, 0.3) is 5.82 Å². The van der Waals surface area contributed by atoms with Crippen molar-refractivity contribution >= 4 is 17.5 Å². The van der Waals surface area contributed by atoms with Gasteiger partial charge in [-0.15, -0.1) is 10.2 Å². The van der Waals surface area contributed by atoms with Gasteiger partial charge in [0.2, 0.25) is 5.91 Å². The van der Waals surface area contributed by atoms with Gasteiger partial charge in [-0.25, -0.2) is 0 Å². The fourth-order valence-corrected chi connectivity index (χ4v) is 4.50. The van der Waals surface area contributed by atoms with Crippen molar-refractivity contribution in [3.05, 3.63) is 58.8 Å². The first kappa shape index (κ1) is 17.8. The lowest BCUT2D eigenvalue weighted by Gasteiger charge is -2.25. The number of nitrogens with one attached hydrogen (secondary N) is 1. The van der Waals surface area contributed by atoms with Gasteiger partial charge in [-0.3, -0.25) is 4.79 Å². The number of hydrogen-bond acceptors (Lipinski definition) is 5. The molecule has 3 aromatic rings. The maximum atomic E-state index is 12.5. The molecule has 7 heteroatoms. The Morgan fingerprint density at radius 3 is 2.45 bits per heavy atom. The Kier molecular flexibility index (Phi) is 4.30. The van der Waals surface area contributed by atoms with Gasteiger partial charge in [-0.2, -0.15) is 9.78 Å². The molecule has 4 heterocycles. The standard InChI is InChI=1S/C22H24N6O/c1-14-7-3-4-8-16(14)17-13-20(29)23-22-21(17)15(2)26-28(22)19-10-9-18(24-25-19)27-11-5-6-12-27/h3-4,7-10,17H,5-6,11-13H2,1-2H3,(H,23,29)/t17-/m0/s1. The van der Waals surface area contributed by atoms with Crippen LogP contribution in [0.4, 0.5) is 11.6 Å². The van der Waals surface area contributed by atoms with Crippen molar-refractivity contribution in [2.75, 3.05) is 23.3 Å². The average molecular weight is 388 g/mol. The van der Waals surface area contributed by atoms with E-state index in [-0.39, 0.29) is 11.8 Å². The molecule has 0 radical (unpaired) electrons. The predicted octanol–water partition coefficient (Wildman–Crippen LogP) is 3.35. The molecule has 29 heavy (non-hydrogen) atoms. The predicted molar refractivity (Wildman–Crippen MR) is 112 cm³/mol. The topological polar surface area (TPSA) is 75.9 Å². The number of amides is 1. The third-order valence-corrected chi connectivity index (χ3v) is 5.95. The molecule has 7 nitrogen and oxygen atoms in total. The van der Waals surface area contributed by atoms with Gasteiger partial charge >= 0.3 is 0 Å². The zero-order chi connectivity index (χ0) is 20.0. The van der Waals surface area contributed by atoms with Crippen LogP contribution >= 0.6 is 0 Å². The summed E-state index contributed by atoms with van der Waals surface area (Å²) in [5, 5.41) is 16.6. The van der Waals surface area contributed by atoms with Gasteiger partial charge < -0.3 is 10.2 Å². The number of fused-ring (bicyclic) bond motifs is 1. The highest BCUT2D eigenvalue weighted by Gasteiger charge is 2.33. The molecule has 1 saturated heterocycles. The van der Waals surface area contributed by atoms with E-state index in [1.807, 2.05) is 31.2 Å². The van der Waals surface area contributed by atoms with Gasteiger partial charge in [0.25, 0.3) is 0 Å². The molecule has 0 spiro atoms. The van der Waals surface area contributed by atoms with E-state index in [2.05, 4.69) is 39.5 Å². The molecule has 1 N–H and O–H groups in total. The number of aromatic nitrogens is 4. The Morgan fingerprint density at radius 2 is 1.72 bits per heavy atom. The second-order valence-electron chi connectivity index (χ2n) is 7.86. The Morgan fingerprint density at radius 1 is 1.00 bits per heavy atom. The first-order valence-electron chi connectivity index (χ1n) is 10.2. The maximum Gasteiger partial charge on any atom is 0.226 e. The third-order valence-electron chi connectivity index (χ3n) is 5.95. The van der Waals surface area contributed by atoms with E-state index in [0.29, 0.717) is 18.1 Å². The number of hydrogen-bond donors (Lipinski definition) is 1. The lowest BCUT2D eigenvalue weighted by Crippen LogP contribution is -2.25. The second kappa shape index (κ2) is 6.99. The van der Waals surface area contributed by atoms with Gasteiger partial charge in [0, 0.05) is 31.0 Å². The van der Waals surface area contributed by atoms with Crippen LogP contribution in [0.1, 0.15) is 47.6 Å². The molecule has 2 aromatic heterocycles. The van der Waals surface area contributed by atoms with Crippen LogP contribution in [0.5, 0.6) is 0 Å². The summed E-state index contributed by atoms with van der Waals surface area (Å²) in [6.07, 6.45) is 2.81. The molecular weight excluding hydrogens is 364 g/mol. The first-order valence-corrected chi connectivity index (χ1v) is 10.2. The number of carbonyl (C=O) groups excluding carboxylic acids is 1. The average Bonchev–Trinajstić information content (AvgIpc) is 3.37. The molecule has 0 unspecified atom stereocenters. The van der Waals surface area contributed by atoms with Gasteiger partial charge in [-0.1, -0.05) is 24.3 Å². The molecule has 148 valence electrons. The van der Waals surface area contributed by atoms with E-state index >= 15 is 0 Å². The molecule has 0 aliphatic carbocycles. The van der Waals surface area contributed by atoms with Crippen LogP contribution in [0.15, 0.2) is 36.4 Å². The van der Waals surface area contributed by atoms with Crippen molar-refractivity contribution in [3.63, 3.8) is 0 Å². The minimum Gasteiger partial charge on any atom is -0.355 e. The number of carbonyl (C=O) groups is 1. The van der Waals surface area contributed by atoms with E-state index in [1.54, 1.807) is 4.68 Å². The van der Waals surface area contributed by atoms with Crippen LogP contribution in [0.2, 0.25) is 0 Å². The summed E-state index contributed by atoms with van der Waals surface area (Å²) in [5.74, 6) is 2.20. The lowest BCUT2D eigenvalue weighted by molar-refractivity contribution is -0.116. The highest BCUT2D eigenvalue weighted by atomic mass is 16.1. The fourth-order valence-electron chi connectivity index (χ4n) is 4.50. The van der Waals surface area contributed by atoms with Crippen LogP contribution in [0, 0.1) is 13.8 Å². The summed E-state index contributed by atoms with van der Waals surface area (Å²) in [6, 6.07) is 12.2. The van der Waals surface area contributed by atoms with Gasteiger partial charge in [0.15, 0.2) is 11.6 Å². The maximum absolute atomic E-state index is 12.5. The summed E-state index contributed by atoms with van der Waals surface area (Å²) in [4.78, 5) is 14.8. The second-order valence-corrected chi connectivity index (χ2v) is 7.86. The largest absolute Gasteiger partial charge is 0.355 e. The van der Waals surface area contributed by atoms with Crippen LogP contribution in [0.3, 0.4) is 0 Å². The Hall–Kier alpha value is -3.22. The van der Waals surface area contributed by atoms with Crippen LogP contribution in [-0.4, -0.2) is 39.0 Å². The Bertz CT molecular complexity index is 1070. The minimum absolute atomic E-state index is 0.00597. The molecule has 1 aromatic carbocycles. The van der Waals surface area contributed by atoms with E-state index < -0.39 is 0 Å². The molecule has 2 aliphatic heterocycles. The number of benzene rings is 1. The van der Waals surface area contributed by atoms with Gasteiger partial charge in [0.05, 0.1) is 5.69 Å². The first-order chi connectivity index (χ1) is 14.1. The summed E-state index contributed by atoms with van der Waals surface area (Å²) in [6.45, 7) is 6.13. The zero-order valence-corrected chi connectivity index (χ0v) is 16.7. The summed E-state index contributed by atoms with van der Waals surface area (Å²) < 4.78 is 1.72. The highest BCUT2D eigenvalue weighted by molar-refractivity contribution is 5.95. The van der Waals surface area contributed by atoms with E-state index in [4.69, 9.17) is 5.10 Å². The van der Waals surface area contributed by atoms with Crippen molar-refractivity contribution in [2.45, 2.75) is 39.0 Å². The quantitative estimate of drug-likeness (QED) is 0.745. The monoisotopic (exact) mass is 388 g/mol. The van der Waals surface area contributed by atoms with Crippen molar-refractivity contribution in [3.8, 4) is 5.82 Å². The highest BCUT2D eigenvalue weighted by Crippen LogP contribution is 2.40. The van der Waals surface area contributed by atoms with Crippen molar-refractivity contribution < 1.29 is 4.79 Å². The Balaban J connectivity index is 1.56. The van der Waals surface area contributed by atoms with Gasteiger partial charge in [0.1, 0.15) is 5.82 Å². The SMILES string of the molecule is Cc1ccccc1[C@@H]1CC(=O)Nc2c1c(C)nn2-c1ccc(N2CCCC2)nn1. The molecule has 5 rings (SSSR count). The molecule has 2 aliphatic rings. The van der Waals surface area contributed by atoms with Crippen molar-refractivity contribution in [1.29, 1.82) is 0 Å². The zero-order valence-electron chi connectivity index (χ0n) is 16.7. The minimum atomic E-state index is -0.00877. The molecule has 1 amide bonds. The van der Waals surface area contributed by atoms with Crippen molar-refractivity contribution in [2.24, 2.45) is 0 Å². The van der Waals surface area contributed by atoms with E-state index in [1.165, 1.54) is 24.0 Å². The molecular formula is C22H24N6O. The number of nitrogens with zero attached hydrogens (tertiary/aromatic N) is 5. The number of anilines is 2.